The number of hydrogen-bond acceptors (Lipinski definition) is 5. The molecule has 192 valence electrons. The zero-order chi connectivity index (χ0) is 26.6. The summed E-state index contributed by atoms with van der Waals surface area (Å²) in [6, 6.07) is 22.9. The molecule has 1 aliphatic rings. The van der Waals surface area contributed by atoms with Crippen molar-refractivity contribution in [1.29, 1.82) is 0 Å². The van der Waals surface area contributed by atoms with Crippen LogP contribution in [0.1, 0.15) is 45.9 Å². The van der Waals surface area contributed by atoms with Gasteiger partial charge in [0.2, 0.25) is 5.91 Å². The molecule has 2 aromatic carbocycles. The third kappa shape index (κ3) is 5.42. The van der Waals surface area contributed by atoms with Gasteiger partial charge in [0.25, 0.3) is 0 Å². The van der Waals surface area contributed by atoms with Gasteiger partial charge in [-0.25, -0.2) is 4.79 Å². The quantitative estimate of drug-likeness (QED) is 0.264. The summed E-state index contributed by atoms with van der Waals surface area (Å²) in [5, 5.41) is 16.1. The Bertz CT molecular complexity index is 1470. The number of furan rings is 1. The molecule has 2 aromatic heterocycles. The van der Waals surface area contributed by atoms with Crippen LogP contribution in [-0.2, 0) is 4.79 Å². The van der Waals surface area contributed by atoms with E-state index in [1.807, 2.05) is 66.4 Å². The minimum absolute atomic E-state index is 0.123. The monoisotopic (exact) mass is 526 g/mol. The Morgan fingerprint density at radius 3 is 2.63 bits per heavy atom. The molecule has 0 spiro atoms. The summed E-state index contributed by atoms with van der Waals surface area (Å²) in [6.45, 7) is 2.36. The van der Waals surface area contributed by atoms with E-state index in [1.165, 1.54) is 6.07 Å². The second-order valence-electron chi connectivity index (χ2n) is 9.07. The average Bonchev–Trinajstić information content (AvgIpc) is 3.54. The molecule has 1 amide bonds. The van der Waals surface area contributed by atoms with E-state index in [0.717, 1.165) is 16.9 Å². The second-order valence-corrected chi connectivity index (χ2v) is 9.46. The van der Waals surface area contributed by atoms with E-state index in [2.05, 4.69) is 15.6 Å². The van der Waals surface area contributed by atoms with Crippen LogP contribution in [-0.4, -0.2) is 38.5 Å². The van der Waals surface area contributed by atoms with Gasteiger partial charge in [-0.3, -0.25) is 9.78 Å². The number of amides is 1. The molecule has 1 fully saturated rings. The van der Waals surface area contributed by atoms with E-state index < -0.39 is 5.97 Å². The van der Waals surface area contributed by atoms with Gasteiger partial charge in [0.05, 0.1) is 17.3 Å². The zero-order valence-corrected chi connectivity index (χ0v) is 21.4. The first-order valence-electron chi connectivity index (χ1n) is 12.2. The number of aryl methyl sites for hydroxylation is 1. The van der Waals surface area contributed by atoms with Gasteiger partial charge in [0, 0.05) is 30.4 Å². The van der Waals surface area contributed by atoms with Gasteiger partial charge >= 0.3 is 5.97 Å². The number of nitrogens with one attached hydrogen (secondary N) is 2. The molecule has 2 atom stereocenters. The highest BCUT2D eigenvalue weighted by Gasteiger charge is 2.41. The Kier molecular flexibility index (Phi) is 7.19. The van der Waals surface area contributed by atoms with Gasteiger partial charge < -0.3 is 25.1 Å². The Hall–Kier alpha value is -4.50. The number of aromatic carboxylic acids is 1. The summed E-state index contributed by atoms with van der Waals surface area (Å²) in [6.07, 6.45) is 1.94. The van der Waals surface area contributed by atoms with Crippen LogP contribution < -0.4 is 10.6 Å². The standard InChI is InChI=1S/C29H26N4O4S/c1-18-8-10-21(11-9-18)31-25(34)14-16-33-27(26(32-29(33)38)22-7-2-3-15-30-22)24-13-12-23(37-24)19-5-4-6-20(17-19)28(35)36/h2-13,15,17,26-27H,14,16H2,1H3,(H,31,34)(H,32,38)(H,35,36)/t26-,27-/m0/s1. The van der Waals surface area contributed by atoms with E-state index in [1.54, 1.807) is 24.4 Å². The number of carbonyl (C=O) groups is 2. The smallest absolute Gasteiger partial charge is 0.335 e. The van der Waals surface area contributed by atoms with Gasteiger partial charge in [-0.05, 0) is 67.7 Å². The molecule has 8 nitrogen and oxygen atoms in total. The van der Waals surface area contributed by atoms with Crippen molar-refractivity contribution in [2.24, 2.45) is 0 Å². The Labute approximate surface area is 225 Å². The minimum atomic E-state index is -1.01. The maximum atomic E-state index is 12.7. The number of rotatable bonds is 8. The zero-order valence-electron chi connectivity index (χ0n) is 20.6. The normalized spacial score (nSPS) is 16.8. The predicted octanol–water partition coefficient (Wildman–Crippen LogP) is 5.35. The van der Waals surface area contributed by atoms with Crippen molar-refractivity contribution < 1.29 is 19.1 Å². The molecule has 9 heteroatoms. The number of carbonyl (C=O) groups excluding carboxylic acids is 1. The topological polar surface area (TPSA) is 108 Å². The molecular formula is C29H26N4O4S. The molecule has 38 heavy (non-hydrogen) atoms. The Balaban J connectivity index is 1.40. The highest BCUT2D eigenvalue weighted by atomic mass is 32.1. The fraction of sp³-hybridized carbons (Fsp3) is 0.172. The minimum Gasteiger partial charge on any atom is -0.478 e. The van der Waals surface area contributed by atoms with Gasteiger partial charge in [0.1, 0.15) is 17.6 Å². The van der Waals surface area contributed by atoms with E-state index in [4.69, 9.17) is 16.6 Å². The predicted molar refractivity (Wildman–Crippen MR) is 148 cm³/mol. The lowest BCUT2D eigenvalue weighted by Gasteiger charge is -2.25. The van der Waals surface area contributed by atoms with Gasteiger partial charge in [-0.1, -0.05) is 35.9 Å². The number of pyridine rings is 1. The molecule has 1 saturated heterocycles. The fourth-order valence-electron chi connectivity index (χ4n) is 4.51. The Morgan fingerprint density at radius 1 is 1.08 bits per heavy atom. The molecule has 0 saturated carbocycles. The van der Waals surface area contributed by atoms with Crippen LogP contribution >= 0.6 is 12.2 Å². The van der Waals surface area contributed by atoms with Crippen LogP contribution in [0.3, 0.4) is 0 Å². The van der Waals surface area contributed by atoms with Gasteiger partial charge in [-0.15, -0.1) is 0 Å². The molecule has 0 bridgehead atoms. The third-order valence-electron chi connectivity index (χ3n) is 6.43. The molecule has 1 aliphatic heterocycles. The van der Waals surface area contributed by atoms with Crippen LogP contribution in [0.2, 0.25) is 0 Å². The first kappa shape index (κ1) is 25.2. The first-order valence-corrected chi connectivity index (χ1v) is 12.6. The molecule has 0 radical (unpaired) electrons. The van der Waals surface area contributed by atoms with Crippen LogP contribution in [0.25, 0.3) is 11.3 Å². The maximum Gasteiger partial charge on any atom is 0.335 e. The largest absolute Gasteiger partial charge is 0.478 e. The van der Waals surface area contributed by atoms with E-state index in [0.29, 0.717) is 28.7 Å². The van der Waals surface area contributed by atoms with Gasteiger partial charge in [0.15, 0.2) is 5.11 Å². The molecule has 3 heterocycles. The lowest BCUT2D eigenvalue weighted by molar-refractivity contribution is -0.116. The lowest BCUT2D eigenvalue weighted by atomic mass is 10.0. The highest BCUT2D eigenvalue weighted by Crippen LogP contribution is 2.40. The number of nitrogens with zero attached hydrogens (tertiary/aromatic N) is 2. The fourth-order valence-corrected chi connectivity index (χ4v) is 4.84. The number of aromatic nitrogens is 1. The number of carboxylic acid groups (broad SMARTS) is 1. The van der Waals surface area contributed by atoms with Crippen molar-refractivity contribution in [3.63, 3.8) is 0 Å². The number of benzene rings is 2. The van der Waals surface area contributed by atoms with Crippen molar-refractivity contribution in [1.82, 2.24) is 15.2 Å². The maximum absolute atomic E-state index is 12.7. The van der Waals surface area contributed by atoms with Crippen molar-refractivity contribution in [2.75, 3.05) is 11.9 Å². The van der Waals surface area contributed by atoms with Crippen molar-refractivity contribution in [2.45, 2.75) is 25.4 Å². The van der Waals surface area contributed by atoms with Crippen LogP contribution in [0.15, 0.2) is 89.5 Å². The van der Waals surface area contributed by atoms with E-state index in [-0.39, 0.29) is 30.0 Å². The third-order valence-corrected chi connectivity index (χ3v) is 6.78. The summed E-state index contributed by atoms with van der Waals surface area (Å²) >= 11 is 5.69. The molecule has 4 aromatic rings. The van der Waals surface area contributed by atoms with Crippen molar-refractivity contribution in [3.8, 4) is 11.3 Å². The number of hydrogen-bond donors (Lipinski definition) is 3. The summed E-state index contributed by atoms with van der Waals surface area (Å²) in [4.78, 5) is 30.7. The van der Waals surface area contributed by atoms with Crippen molar-refractivity contribution in [3.05, 3.63) is 108 Å². The summed E-state index contributed by atoms with van der Waals surface area (Å²) < 4.78 is 6.27. The molecule has 0 aliphatic carbocycles. The molecular weight excluding hydrogens is 500 g/mol. The molecule has 5 rings (SSSR count). The lowest BCUT2D eigenvalue weighted by Crippen LogP contribution is -2.32. The number of carboxylic acids is 1. The van der Waals surface area contributed by atoms with Crippen LogP contribution in [0.4, 0.5) is 5.69 Å². The Morgan fingerprint density at radius 2 is 1.89 bits per heavy atom. The number of thiocarbonyl (C=S) groups is 1. The second kappa shape index (κ2) is 10.9. The van der Waals surface area contributed by atoms with E-state index >= 15 is 0 Å². The highest BCUT2D eigenvalue weighted by molar-refractivity contribution is 7.80. The van der Waals surface area contributed by atoms with E-state index in [9.17, 15) is 14.7 Å². The first-order chi connectivity index (χ1) is 18.4. The summed E-state index contributed by atoms with van der Waals surface area (Å²) in [5.41, 5.74) is 3.48. The molecule has 3 N–H and O–H groups in total. The SMILES string of the molecule is Cc1ccc(NC(=O)CCN2C(=S)N[C@@H](c3ccccn3)[C@@H]2c2ccc(-c3cccc(C(=O)O)c3)o2)cc1. The van der Waals surface area contributed by atoms with Crippen LogP contribution in [0, 0.1) is 6.92 Å². The average molecular weight is 527 g/mol. The summed E-state index contributed by atoms with van der Waals surface area (Å²) in [5.74, 6) is 0.0389. The van der Waals surface area contributed by atoms with Crippen molar-refractivity contribution >= 4 is 34.9 Å². The number of anilines is 1. The van der Waals surface area contributed by atoms with Gasteiger partial charge in [-0.2, -0.15) is 0 Å². The molecule has 0 unspecified atom stereocenters. The van der Waals surface area contributed by atoms with Crippen LogP contribution in [0.5, 0.6) is 0 Å². The summed E-state index contributed by atoms with van der Waals surface area (Å²) in [7, 11) is 0.